The Hall–Kier alpha value is -3.35. The van der Waals surface area contributed by atoms with Gasteiger partial charge in [0, 0.05) is 13.0 Å². The Labute approximate surface area is 156 Å². The quantitative estimate of drug-likeness (QED) is 0.702. The Kier molecular flexibility index (Phi) is 7.37. The van der Waals surface area contributed by atoms with E-state index < -0.39 is 24.1 Å². The van der Waals surface area contributed by atoms with Crippen LogP contribution in [0.4, 0.5) is 4.79 Å². The van der Waals surface area contributed by atoms with Gasteiger partial charge in [0.05, 0.1) is 0 Å². The number of hydrogen-bond acceptors (Lipinski definition) is 4. The average Bonchev–Trinajstić information content (AvgIpc) is 2.66. The summed E-state index contributed by atoms with van der Waals surface area (Å²) in [5.41, 5.74) is 1.48. The van der Waals surface area contributed by atoms with Gasteiger partial charge in [0.15, 0.2) is 0 Å². The van der Waals surface area contributed by atoms with Crippen molar-refractivity contribution in [2.45, 2.75) is 32.0 Å². The molecule has 2 N–H and O–H groups in total. The maximum atomic E-state index is 12.6. The molecule has 0 spiro atoms. The molecule has 1 atom stereocenters. The second-order valence-electron chi connectivity index (χ2n) is 5.94. The largest absolute Gasteiger partial charge is 0.481 e. The number of carboxylic acid groups (broad SMARTS) is 2. The highest BCUT2D eigenvalue weighted by Gasteiger charge is 2.31. The van der Waals surface area contributed by atoms with E-state index in [1.165, 1.54) is 0 Å². The molecule has 0 aliphatic heterocycles. The minimum Gasteiger partial charge on any atom is -0.481 e. The SMILES string of the molecule is O=C(O)CC[C@@H](C(=O)O)N(Cc1ccccc1)C(=O)OCc1ccccc1. The average molecular weight is 371 g/mol. The number of hydrogen-bond donors (Lipinski definition) is 2. The summed E-state index contributed by atoms with van der Waals surface area (Å²) in [6.45, 7) is 0.00127. The highest BCUT2D eigenvalue weighted by atomic mass is 16.6. The topological polar surface area (TPSA) is 104 Å². The van der Waals surface area contributed by atoms with Crippen LogP contribution in [-0.4, -0.2) is 39.2 Å². The molecular weight excluding hydrogens is 350 g/mol. The van der Waals surface area contributed by atoms with Gasteiger partial charge >= 0.3 is 18.0 Å². The number of carbonyl (C=O) groups is 3. The van der Waals surface area contributed by atoms with Crippen LogP contribution >= 0.6 is 0 Å². The van der Waals surface area contributed by atoms with E-state index in [-0.39, 0.29) is 26.0 Å². The molecule has 27 heavy (non-hydrogen) atoms. The van der Waals surface area contributed by atoms with Crippen molar-refractivity contribution in [2.75, 3.05) is 0 Å². The zero-order chi connectivity index (χ0) is 19.6. The van der Waals surface area contributed by atoms with Gasteiger partial charge in [-0.1, -0.05) is 60.7 Å². The van der Waals surface area contributed by atoms with Crippen LogP contribution in [-0.2, 0) is 27.5 Å². The van der Waals surface area contributed by atoms with E-state index in [0.29, 0.717) is 0 Å². The Morgan fingerprint density at radius 2 is 1.44 bits per heavy atom. The predicted molar refractivity (Wildman–Crippen MR) is 96.9 cm³/mol. The zero-order valence-electron chi connectivity index (χ0n) is 14.7. The minimum atomic E-state index is -1.30. The lowest BCUT2D eigenvalue weighted by Gasteiger charge is -2.28. The van der Waals surface area contributed by atoms with Crippen molar-refractivity contribution in [1.82, 2.24) is 4.90 Å². The molecule has 2 rings (SSSR count). The van der Waals surface area contributed by atoms with Crippen LogP contribution in [0.25, 0.3) is 0 Å². The smallest absolute Gasteiger partial charge is 0.411 e. The molecular formula is C20H21NO6. The van der Waals surface area contributed by atoms with Crippen molar-refractivity contribution in [2.24, 2.45) is 0 Å². The number of carboxylic acids is 2. The van der Waals surface area contributed by atoms with Gasteiger partial charge < -0.3 is 14.9 Å². The standard InChI is InChI=1S/C20H21NO6/c22-18(23)12-11-17(19(24)25)21(13-15-7-3-1-4-8-15)20(26)27-14-16-9-5-2-6-10-16/h1-10,17H,11-14H2,(H,22,23)(H,24,25)/t17-/m0/s1. The minimum absolute atomic E-state index is 0.00374. The first-order valence-electron chi connectivity index (χ1n) is 8.43. The van der Waals surface area contributed by atoms with E-state index in [1.54, 1.807) is 54.6 Å². The van der Waals surface area contributed by atoms with Gasteiger partial charge in [-0.25, -0.2) is 9.59 Å². The number of rotatable bonds is 9. The number of ether oxygens (including phenoxy) is 1. The molecule has 0 saturated heterocycles. The van der Waals surface area contributed by atoms with Crippen molar-refractivity contribution in [3.05, 3.63) is 71.8 Å². The lowest BCUT2D eigenvalue weighted by Crippen LogP contribution is -2.45. The molecule has 0 heterocycles. The van der Waals surface area contributed by atoms with Crippen molar-refractivity contribution in [3.63, 3.8) is 0 Å². The first-order chi connectivity index (χ1) is 13.0. The highest BCUT2D eigenvalue weighted by Crippen LogP contribution is 2.16. The van der Waals surface area contributed by atoms with Crippen molar-refractivity contribution in [1.29, 1.82) is 0 Å². The van der Waals surface area contributed by atoms with Crippen molar-refractivity contribution < 1.29 is 29.3 Å². The fraction of sp³-hybridized carbons (Fsp3) is 0.250. The van der Waals surface area contributed by atoms with Gasteiger partial charge in [-0.3, -0.25) is 9.69 Å². The van der Waals surface area contributed by atoms with E-state index in [1.807, 2.05) is 6.07 Å². The Morgan fingerprint density at radius 1 is 0.889 bits per heavy atom. The molecule has 7 heteroatoms. The molecule has 0 radical (unpaired) electrons. The second-order valence-corrected chi connectivity index (χ2v) is 5.94. The molecule has 2 aromatic carbocycles. The van der Waals surface area contributed by atoms with Crippen LogP contribution < -0.4 is 0 Å². The van der Waals surface area contributed by atoms with E-state index >= 15 is 0 Å². The molecule has 0 bridgehead atoms. The van der Waals surface area contributed by atoms with E-state index in [2.05, 4.69) is 0 Å². The van der Waals surface area contributed by atoms with Crippen LogP contribution in [0.5, 0.6) is 0 Å². The Bertz CT molecular complexity index is 763. The molecule has 142 valence electrons. The van der Waals surface area contributed by atoms with Gasteiger partial charge in [-0.05, 0) is 17.5 Å². The molecule has 0 aliphatic carbocycles. The van der Waals surface area contributed by atoms with E-state index in [9.17, 15) is 19.5 Å². The van der Waals surface area contributed by atoms with Gasteiger partial charge in [0.2, 0.25) is 0 Å². The highest BCUT2D eigenvalue weighted by molar-refractivity contribution is 5.80. The lowest BCUT2D eigenvalue weighted by molar-refractivity contribution is -0.144. The summed E-state index contributed by atoms with van der Waals surface area (Å²) in [5, 5.41) is 18.4. The second kappa shape index (κ2) is 9.96. The molecule has 0 fully saturated rings. The molecule has 1 amide bonds. The normalized spacial score (nSPS) is 11.4. The summed E-state index contributed by atoms with van der Waals surface area (Å²) < 4.78 is 5.28. The third kappa shape index (κ3) is 6.47. The van der Waals surface area contributed by atoms with Crippen LogP contribution in [0.1, 0.15) is 24.0 Å². The van der Waals surface area contributed by atoms with Crippen molar-refractivity contribution in [3.8, 4) is 0 Å². The molecule has 0 aliphatic rings. The predicted octanol–water partition coefficient (Wildman–Crippen LogP) is 3.14. The molecule has 0 saturated carbocycles. The number of carbonyl (C=O) groups excluding carboxylic acids is 1. The van der Waals surface area contributed by atoms with Gasteiger partial charge in [-0.2, -0.15) is 0 Å². The fourth-order valence-electron chi connectivity index (χ4n) is 2.56. The van der Waals surface area contributed by atoms with Crippen molar-refractivity contribution >= 4 is 18.0 Å². The van der Waals surface area contributed by atoms with E-state index in [4.69, 9.17) is 9.84 Å². The Morgan fingerprint density at radius 3 is 1.96 bits per heavy atom. The third-order valence-electron chi connectivity index (χ3n) is 3.93. The molecule has 0 aromatic heterocycles. The number of nitrogens with zero attached hydrogens (tertiary/aromatic N) is 1. The summed E-state index contributed by atoms with van der Waals surface area (Å²) in [6, 6.07) is 16.6. The fourth-order valence-corrected chi connectivity index (χ4v) is 2.56. The summed E-state index contributed by atoms with van der Waals surface area (Å²) in [7, 11) is 0. The summed E-state index contributed by atoms with van der Waals surface area (Å²) in [4.78, 5) is 36.2. The lowest BCUT2D eigenvalue weighted by atomic mass is 10.1. The number of aliphatic carboxylic acids is 2. The van der Waals surface area contributed by atoms with Crippen LogP contribution in [0.15, 0.2) is 60.7 Å². The van der Waals surface area contributed by atoms with Crippen LogP contribution in [0.2, 0.25) is 0 Å². The van der Waals surface area contributed by atoms with Gasteiger partial charge in [-0.15, -0.1) is 0 Å². The maximum Gasteiger partial charge on any atom is 0.411 e. The van der Waals surface area contributed by atoms with Gasteiger partial charge in [0.1, 0.15) is 12.6 Å². The summed E-state index contributed by atoms with van der Waals surface area (Å²) in [5.74, 6) is -2.40. The molecule has 0 unspecified atom stereocenters. The number of benzene rings is 2. The molecule has 7 nitrogen and oxygen atoms in total. The van der Waals surface area contributed by atoms with Crippen LogP contribution in [0, 0.1) is 0 Å². The monoisotopic (exact) mass is 371 g/mol. The summed E-state index contributed by atoms with van der Waals surface area (Å²) >= 11 is 0. The first kappa shape index (κ1) is 20.0. The van der Waals surface area contributed by atoms with Crippen LogP contribution in [0.3, 0.4) is 0 Å². The van der Waals surface area contributed by atoms with E-state index in [0.717, 1.165) is 16.0 Å². The first-order valence-corrected chi connectivity index (χ1v) is 8.43. The third-order valence-corrected chi connectivity index (χ3v) is 3.93. The maximum absolute atomic E-state index is 12.6. The summed E-state index contributed by atoms with van der Waals surface area (Å²) in [6.07, 6.45) is -1.38. The van der Waals surface area contributed by atoms with Gasteiger partial charge in [0.25, 0.3) is 0 Å². The zero-order valence-corrected chi connectivity index (χ0v) is 14.7. The Balaban J connectivity index is 2.17. The molecule has 2 aromatic rings. The number of amides is 1.